The van der Waals surface area contributed by atoms with E-state index in [1.165, 1.54) is 0 Å². The van der Waals surface area contributed by atoms with Crippen molar-refractivity contribution in [2.45, 2.75) is 65.0 Å². The van der Waals surface area contributed by atoms with Crippen molar-refractivity contribution in [3.63, 3.8) is 0 Å². The Balaban J connectivity index is 1.93. The van der Waals surface area contributed by atoms with E-state index >= 15 is 0 Å². The first-order chi connectivity index (χ1) is 14.3. The van der Waals surface area contributed by atoms with Crippen LogP contribution in [0.15, 0.2) is 4.99 Å². The number of aliphatic imine (C=N–C) groups is 1. The number of ether oxygens (including phenoxy) is 3. The molecule has 174 valence electrons. The van der Waals surface area contributed by atoms with Crippen LogP contribution in [0.4, 0.5) is 4.79 Å². The number of piperidine rings is 1. The van der Waals surface area contributed by atoms with Crippen molar-refractivity contribution in [1.82, 2.24) is 15.1 Å². The molecule has 1 amide bonds. The van der Waals surface area contributed by atoms with Crippen molar-refractivity contribution in [3.8, 4) is 0 Å². The van der Waals surface area contributed by atoms with Gasteiger partial charge in [-0.3, -0.25) is 4.99 Å². The monoisotopic (exact) mass is 426 g/mol. The van der Waals surface area contributed by atoms with E-state index in [9.17, 15) is 4.79 Å². The Hall–Kier alpha value is -1.54. The molecule has 0 radical (unpaired) electrons. The summed E-state index contributed by atoms with van der Waals surface area (Å²) in [6.07, 6.45) is 4.00. The molecule has 2 atom stereocenters. The predicted octanol–water partition coefficient (Wildman–Crippen LogP) is 2.73. The Labute approximate surface area is 182 Å². The molecule has 0 bridgehead atoms. The molecule has 0 aromatic carbocycles. The van der Waals surface area contributed by atoms with Gasteiger partial charge in [0.1, 0.15) is 5.60 Å². The van der Waals surface area contributed by atoms with Crippen LogP contribution >= 0.6 is 0 Å². The van der Waals surface area contributed by atoms with E-state index < -0.39 is 5.60 Å². The van der Waals surface area contributed by atoms with Crippen molar-refractivity contribution in [2.24, 2.45) is 10.9 Å². The summed E-state index contributed by atoms with van der Waals surface area (Å²) in [6, 6.07) is 0.0954. The van der Waals surface area contributed by atoms with Gasteiger partial charge in [0, 0.05) is 39.2 Å². The number of carbonyl (C=O) groups is 1. The van der Waals surface area contributed by atoms with Crippen molar-refractivity contribution in [2.75, 3.05) is 59.7 Å². The highest BCUT2D eigenvalue weighted by Crippen LogP contribution is 2.21. The highest BCUT2D eigenvalue weighted by molar-refractivity contribution is 5.80. The van der Waals surface area contributed by atoms with Crippen LogP contribution in [0.3, 0.4) is 0 Å². The average molecular weight is 427 g/mol. The SMILES string of the molecule is CCNC(=NCC1CCCCN1C(=O)OC(C)(C)C)N1CCC(COCCOC)C1. The number of rotatable bonds is 8. The average Bonchev–Trinajstić information content (AvgIpc) is 3.16. The summed E-state index contributed by atoms with van der Waals surface area (Å²) in [5.41, 5.74) is -0.479. The smallest absolute Gasteiger partial charge is 0.410 e. The van der Waals surface area contributed by atoms with Crippen molar-refractivity contribution >= 4 is 12.1 Å². The number of nitrogens with one attached hydrogen (secondary N) is 1. The molecule has 0 spiro atoms. The number of amides is 1. The molecule has 0 aromatic heterocycles. The largest absolute Gasteiger partial charge is 0.444 e. The van der Waals surface area contributed by atoms with Crippen molar-refractivity contribution < 1.29 is 19.0 Å². The van der Waals surface area contributed by atoms with Gasteiger partial charge in [-0.2, -0.15) is 0 Å². The van der Waals surface area contributed by atoms with Gasteiger partial charge in [-0.25, -0.2) is 4.79 Å². The maximum Gasteiger partial charge on any atom is 0.410 e. The number of likely N-dealkylation sites (tertiary alicyclic amines) is 2. The van der Waals surface area contributed by atoms with Gasteiger partial charge in [-0.05, 0) is 53.4 Å². The quantitative estimate of drug-likeness (QED) is 0.365. The molecule has 2 saturated heterocycles. The van der Waals surface area contributed by atoms with Crippen LogP contribution in [0.1, 0.15) is 53.4 Å². The molecule has 8 nitrogen and oxygen atoms in total. The number of guanidine groups is 1. The van der Waals surface area contributed by atoms with Crippen LogP contribution in [0.2, 0.25) is 0 Å². The fraction of sp³-hybridized carbons (Fsp3) is 0.909. The lowest BCUT2D eigenvalue weighted by Gasteiger charge is -2.36. The van der Waals surface area contributed by atoms with Crippen molar-refractivity contribution in [3.05, 3.63) is 0 Å². The molecule has 2 fully saturated rings. The van der Waals surface area contributed by atoms with Gasteiger partial charge in [0.15, 0.2) is 5.96 Å². The molecular weight excluding hydrogens is 384 g/mol. The van der Waals surface area contributed by atoms with Crippen LogP contribution < -0.4 is 5.32 Å². The summed E-state index contributed by atoms with van der Waals surface area (Å²) in [5.74, 6) is 1.45. The molecule has 30 heavy (non-hydrogen) atoms. The van der Waals surface area contributed by atoms with Crippen LogP contribution in [0, 0.1) is 5.92 Å². The second kappa shape index (κ2) is 12.3. The van der Waals surface area contributed by atoms with E-state index in [4.69, 9.17) is 19.2 Å². The van der Waals surface area contributed by atoms with Crippen LogP contribution in [-0.4, -0.2) is 93.1 Å². The second-order valence-electron chi connectivity index (χ2n) is 9.19. The molecule has 1 N–H and O–H groups in total. The number of carbonyl (C=O) groups excluding carboxylic acids is 1. The molecule has 2 rings (SSSR count). The molecule has 0 saturated carbocycles. The lowest BCUT2D eigenvalue weighted by Crippen LogP contribution is -2.48. The molecular formula is C22H42N4O4. The Kier molecular flexibility index (Phi) is 10.2. The van der Waals surface area contributed by atoms with Crippen LogP contribution in [0.5, 0.6) is 0 Å². The van der Waals surface area contributed by atoms with Crippen LogP contribution in [-0.2, 0) is 14.2 Å². The zero-order valence-corrected chi connectivity index (χ0v) is 19.6. The Morgan fingerprint density at radius 3 is 2.67 bits per heavy atom. The van der Waals surface area contributed by atoms with E-state index in [1.54, 1.807) is 7.11 Å². The third-order valence-electron chi connectivity index (χ3n) is 5.41. The topological polar surface area (TPSA) is 75.6 Å². The summed E-state index contributed by atoms with van der Waals surface area (Å²) in [7, 11) is 1.69. The van der Waals surface area contributed by atoms with Gasteiger partial charge in [0.25, 0.3) is 0 Å². The Morgan fingerprint density at radius 2 is 1.97 bits per heavy atom. The molecule has 0 aromatic rings. The summed E-state index contributed by atoms with van der Waals surface area (Å²) in [4.78, 5) is 21.7. The lowest BCUT2D eigenvalue weighted by molar-refractivity contribution is 0.0109. The second-order valence-corrected chi connectivity index (χ2v) is 9.19. The molecule has 8 heteroatoms. The van der Waals surface area contributed by atoms with E-state index in [0.717, 1.165) is 64.4 Å². The first-order valence-electron chi connectivity index (χ1n) is 11.4. The summed E-state index contributed by atoms with van der Waals surface area (Å²) >= 11 is 0. The summed E-state index contributed by atoms with van der Waals surface area (Å²) in [6.45, 7) is 14.0. The Bertz CT molecular complexity index is 550. The van der Waals surface area contributed by atoms with E-state index in [1.807, 2.05) is 25.7 Å². The fourth-order valence-electron chi connectivity index (χ4n) is 3.92. The minimum atomic E-state index is -0.479. The van der Waals surface area contributed by atoms with Crippen LogP contribution in [0.25, 0.3) is 0 Å². The molecule has 2 heterocycles. The number of hydrogen-bond acceptors (Lipinski definition) is 5. The maximum absolute atomic E-state index is 12.6. The van der Waals surface area contributed by atoms with Gasteiger partial charge in [-0.15, -0.1) is 0 Å². The van der Waals surface area contributed by atoms with Gasteiger partial charge in [-0.1, -0.05) is 0 Å². The standard InChI is InChI=1S/C22H42N4O4/c1-6-23-20(25-12-10-18(16-25)17-29-14-13-28-5)24-15-19-9-7-8-11-26(19)21(27)30-22(2,3)4/h18-19H,6-17H2,1-5H3,(H,23,24). The third-order valence-corrected chi connectivity index (χ3v) is 5.41. The highest BCUT2D eigenvalue weighted by Gasteiger charge is 2.31. The minimum Gasteiger partial charge on any atom is -0.444 e. The summed E-state index contributed by atoms with van der Waals surface area (Å²) in [5, 5.41) is 3.42. The zero-order chi connectivity index (χ0) is 22.0. The predicted molar refractivity (Wildman–Crippen MR) is 119 cm³/mol. The number of methoxy groups -OCH3 is 1. The fourth-order valence-corrected chi connectivity index (χ4v) is 3.92. The molecule has 2 aliphatic rings. The molecule has 0 aliphatic carbocycles. The van der Waals surface area contributed by atoms with Gasteiger partial charge in [0.2, 0.25) is 0 Å². The normalized spacial score (nSPS) is 23.0. The highest BCUT2D eigenvalue weighted by atomic mass is 16.6. The molecule has 2 aliphatic heterocycles. The zero-order valence-electron chi connectivity index (χ0n) is 19.6. The first kappa shape index (κ1) is 24.7. The van der Waals surface area contributed by atoms with E-state index in [-0.39, 0.29) is 12.1 Å². The number of nitrogens with zero attached hydrogens (tertiary/aromatic N) is 3. The van der Waals surface area contributed by atoms with E-state index in [2.05, 4.69) is 17.1 Å². The molecule has 2 unspecified atom stereocenters. The first-order valence-corrected chi connectivity index (χ1v) is 11.4. The lowest BCUT2D eigenvalue weighted by atomic mass is 10.0. The minimum absolute atomic E-state index is 0.0954. The summed E-state index contributed by atoms with van der Waals surface area (Å²) < 4.78 is 16.4. The Morgan fingerprint density at radius 1 is 1.17 bits per heavy atom. The van der Waals surface area contributed by atoms with E-state index in [0.29, 0.717) is 25.7 Å². The van der Waals surface area contributed by atoms with Gasteiger partial charge >= 0.3 is 6.09 Å². The third kappa shape index (κ3) is 8.30. The van der Waals surface area contributed by atoms with Gasteiger partial charge < -0.3 is 29.3 Å². The maximum atomic E-state index is 12.6. The van der Waals surface area contributed by atoms with Gasteiger partial charge in [0.05, 0.1) is 32.4 Å². The van der Waals surface area contributed by atoms with Crippen molar-refractivity contribution in [1.29, 1.82) is 0 Å². The number of hydrogen-bond donors (Lipinski definition) is 1.